The van der Waals surface area contributed by atoms with Crippen LogP contribution in [0.3, 0.4) is 0 Å². The Bertz CT molecular complexity index is 367. The van der Waals surface area contributed by atoms with Gasteiger partial charge in [0.25, 0.3) is 0 Å². The molecule has 2 rings (SSSR count). The van der Waals surface area contributed by atoms with Crippen LogP contribution in [-0.2, 0) is 0 Å². The van der Waals surface area contributed by atoms with E-state index in [2.05, 4.69) is 30.3 Å². The number of nitrogens with zero attached hydrogens (tertiary/aromatic N) is 1. The van der Waals surface area contributed by atoms with Crippen molar-refractivity contribution in [2.24, 2.45) is 5.92 Å². The third kappa shape index (κ3) is 3.70. The van der Waals surface area contributed by atoms with Crippen LogP contribution in [0.1, 0.15) is 24.9 Å². The van der Waals surface area contributed by atoms with E-state index in [9.17, 15) is 0 Å². The van der Waals surface area contributed by atoms with Gasteiger partial charge in [-0.3, -0.25) is 0 Å². The molecule has 0 amide bonds. The molecular weight excluding hydrogens is 232 g/mol. The van der Waals surface area contributed by atoms with Crippen molar-refractivity contribution in [2.45, 2.75) is 19.4 Å². The average molecular weight is 253 g/mol. The van der Waals surface area contributed by atoms with Crippen molar-refractivity contribution in [1.29, 1.82) is 0 Å². The Hall–Kier alpha value is -0.570. The molecule has 1 N–H and O–H groups in total. The van der Waals surface area contributed by atoms with Gasteiger partial charge in [-0.05, 0) is 57.1 Å². The van der Waals surface area contributed by atoms with Crippen LogP contribution in [-0.4, -0.2) is 31.6 Å². The molecule has 3 heteroatoms. The maximum atomic E-state index is 6.00. The predicted molar refractivity (Wildman–Crippen MR) is 73.5 cm³/mol. The van der Waals surface area contributed by atoms with Crippen molar-refractivity contribution >= 4 is 11.6 Å². The lowest BCUT2D eigenvalue weighted by atomic mass is 10.1. The van der Waals surface area contributed by atoms with Crippen LogP contribution < -0.4 is 5.32 Å². The molecule has 1 fully saturated rings. The summed E-state index contributed by atoms with van der Waals surface area (Å²) in [5.41, 5.74) is 1.27. The van der Waals surface area contributed by atoms with Gasteiger partial charge in [0.15, 0.2) is 0 Å². The number of rotatable bonds is 4. The lowest BCUT2D eigenvalue weighted by Crippen LogP contribution is -2.27. The summed E-state index contributed by atoms with van der Waals surface area (Å²) < 4.78 is 0. The molecule has 1 heterocycles. The number of hydrogen-bond acceptors (Lipinski definition) is 2. The first-order valence-electron chi connectivity index (χ1n) is 6.32. The summed E-state index contributed by atoms with van der Waals surface area (Å²) >= 11 is 6.00. The van der Waals surface area contributed by atoms with Gasteiger partial charge in [-0.2, -0.15) is 0 Å². The minimum Gasteiger partial charge on any atom is -0.310 e. The van der Waals surface area contributed by atoms with Gasteiger partial charge in [-0.15, -0.1) is 0 Å². The van der Waals surface area contributed by atoms with Crippen molar-refractivity contribution in [3.05, 3.63) is 34.9 Å². The van der Waals surface area contributed by atoms with Gasteiger partial charge in [-0.25, -0.2) is 0 Å². The summed E-state index contributed by atoms with van der Waals surface area (Å²) in [7, 11) is 2.19. The maximum absolute atomic E-state index is 6.00. The average Bonchev–Trinajstić information content (AvgIpc) is 2.72. The third-order valence-corrected chi connectivity index (χ3v) is 3.79. The summed E-state index contributed by atoms with van der Waals surface area (Å²) in [6.07, 6.45) is 1.31. The highest BCUT2D eigenvalue weighted by Crippen LogP contribution is 2.19. The normalized spacial score (nSPS) is 22.9. The van der Waals surface area contributed by atoms with E-state index in [0.717, 1.165) is 17.5 Å². The van der Waals surface area contributed by atoms with Gasteiger partial charge in [0.1, 0.15) is 0 Å². The molecule has 17 heavy (non-hydrogen) atoms. The summed E-state index contributed by atoms with van der Waals surface area (Å²) in [4.78, 5) is 2.40. The zero-order chi connectivity index (χ0) is 12.3. The van der Waals surface area contributed by atoms with E-state index in [-0.39, 0.29) is 0 Å². The monoisotopic (exact) mass is 252 g/mol. The minimum absolute atomic E-state index is 0.375. The summed E-state index contributed by atoms with van der Waals surface area (Å²) in [6.45, 7) is 5.75. The number of hydrogen-bond donors (Lipinski definition) is 1. The van der Waals surface area contributed by atoms with Gasteiger partial charge < -0.3 is 10.2 Å². The van der Waals surface area contributed by atoms with Crippen LogP contribution in [0.5, 0.6) is 0 Å². The fourth-order valence-corrected chi connectivity index (χ4v) is 2.63. The Labute approximate surface area is 109 Å². The standard InChI is InChI=1S/C14H21ClN2/c1-11(13-4-3-5-14(15)8-13)16-9-12-6-7-17(2)10-12/h3-5,8,11-12,16H,6-7,9-10H2,1-2H3. The maximum Gasteiger partial charge on any atom is 0.0409 e. The highest BCUT2D eigenvalue weighted by Gasteiger charge is 2.19. The molecule has 0 aliphatic carbocycles. The van der Waals surface area contributed by atoms with Gasteiger partial charge in [0, 0.05) is 17.6 Å². The van der Waals surface area contributed by atoms with E-state index in [4.69, 9.17) is 11.6 Å². The lowest BCUT2D eigenvalue weighted by molar-refractivity contribution is 0.382. The third-order valence-electron chi connectivity index (χ3n) is 3.55. The fourth-order valence-electron chi connectivity index (χ4n) is 2.43. The molecule has 1 aliphatic heterocycles. The Balaban J connectivity index is 1.83. The van der Waals surface area contributed by atoms with Gasteiger partial charge >= 0.3 is 0 Å². The number of halogens is 1. The van der Waals surface area contributed by atoms with Crippen LogP contribution in [0.25, 0.3) is 0 Å². The van der Waals surface area contributed by atoms with Crippen molar-refractivity contribution in [1.82, 2.24) is 10.2 Å². The topological polar surface area (TPSA) is 15.3 Å². The van der Waals surface area contributed by atoms with E-state index in [0.29, 0.717) is 6.04 Å². The van der Waals surface area contributed by atoms with Crippen LogP contribution in [0.4, 0.5) is 0 Å². The van der Waals surface area contributed by atoms with Crippen molar-refractivity contribution in [3.63, 3.8) is 0 Å². The number of likely N-dealkylation sites (tertiary alicyclic amines) is 1. The second-order valence-electron chi connectivity index (χ2n) is 5.10. The minimum atomic E-state index is 0.375. The molecule has 2 unspecified atom stereocenters. The smallest absolute Gasteiger partial charge is 0.0409 e. The lowest BCUT2D eigenvalue weighted by Gasteiger charge is -2.17. The molecule has 1 aliphatic rings. The second-order valence-corrected chi connectivity index (χ2v) is 5.54. The molecule has 0 aromatic heterocycles. The molecule has 0 spiro atoms. The van der Waals surface area contributed by atoms with Gasteiger partial charge in [0.05, 0.1) is 0 Å². The molecule has 0 radical (unpaired) electrons. The molecule has 1 aromatic rings. The van der Waals surface area contributed by atoms with Crippen molar-refractivity contribution in [2.75, 3.05) is 26.7 Å². The Morgan fingerprint density at radius 2 is 2.35 bits per heavy atom. The van der Waals surface area contributed by atoms with E-state index < -0.39 is 0 Å². The van der Waals surface area contributed by atoms with Crippen LogP contribution in [0.15, 0.2) is 24.3 Å². The van der Waals surface area contributed by atoms with Crippen molar-refractivity contribution in [3.8, 4) is 0 Å². The summed E-state index contributed by atoms with van der Waals surface area (Å²) in [6, 6.07) is 8.48. The molecule has 1 saturated heterocycles. The zero-order valence-electron chi connectivity index (χ0n) is 10.6. The van der Waals surface area contributed by atoms with Crippen LogP contribution in [0, 0.1) is 5.92 Å². The van der Waals surface area contributed by atoms with Gasteiger partial charge in [-0.1, -0.05) is 23.7 Å². The van der Waals surface area contributed by atoms with E-state index in [1.54, 1.807) is 0 Å². The quantitative estimate of drug-likeness (QED) is 0.887. The molecule has 94 valence electrons. The van der Waals surface area contributed by atoms with Crippen LogP contribution in [0.2, 0.25) is 5.02 Å². The molecule has 2 nitrogen and oxygen atoms in total. The van der Waals surface area contributed by atoms with Gasteiger partial charge in [0.2, 0.25) is 0 Å². The number of nitrogens with one attached hydrogen (secondary N) is 1. The van der Waals surface area contributed by atoms with Crippen molar-refractivity contribution < 1.29 is 0 Å². The predicted octanol–water partition coefficient (Wildman–Crippen LogP) is 2.94. The molecule has 0 saturated carbocycles. The highest BCUT2D eigenvalue weighted by molar-refractivity contribution is 6.30. The van der Waals surface area contributed by atoms with E-state index in [1.807, 2.05) is 18.2 Å². The summed E-state index contributed by atoms with van der Waals surface area (Å²) in [5, 5.41) is 4.42. The Morgan fingerprint density at radius 1 is 1.53 bits per heavy atom. The first-order valence-corrected chi connectivity index (χ1v) is 6.70. The fraction of sp³-hybridized carbons (Fsp3) is 0.571. The first kappa shape index (κ1) is 12.9. The summed E-state index contributed by atoms with van der Waals surface area (Å²) in [5.74, 6) is 0.793. The highest BCUT2D eigenvalue weighted by atomic mass is 35.5. The second kappa shape index (κ2) is 5.85. The molecular formula is C14H21ClN2. The SMILES string of the molecule is CC(NCC1CCN(C)C1)c1cccc(Cl)c1. The Morgan fingerprint density at radius 3 is 3.00 bits per heavy atom. The molecule has 0 bridgehead atoms. The first-order chi connectivity index (χ1) is 8.15. The Kier molecular flexibility index (Phi) is 4.43. The molecule has 2 atom stereocenters. The largest absolute Gasteiger partial charge is 0.310 e. The van der Waals surface area contributed by atoms with E-state index >= 15 is 0 Å². The molecule has 1 aromatic carbocycles. The van der Waals surface area contributed by atoms with Crippen LogP contribution >= 0.6 is 11.6 Å². The zero-order valence-corrected chi connectivity index (χ0v) is 11.4. The van der Waals surface area contributed by atoms with E-state index in [1.165, 1.54) is 25.1 Å². The number of benzene rings is 1.